The van der Waals surface area contributed by atoms with Gasteiger partial charge >= 0.3 is 0 Å². The molecule has 1 aliphatic heterocycles. The molecule has 0 saturated carbocycles. The first-order valence-corrected chi connectivity index (χ1v) is 10.1. The van der Waals surface area contributed by atoms with Crippen molar-refractivity contribution in [1.29, 1.82) is 0 Å². The molecular weight excluding hydrogens is 372 g/mol. The molecular formula is C25H22N4O. The highest BCUT2D eigenvalue weighted by atomic mass is 16.5. The molecule has 0 N–H and O–H groups in total. The minimum absolute atomic E-state index is 0.577. The third kappa shape index (κ3) is 4.01. The van der Waals surface area contributed by atoms with Gasteiger partial charge in [0.2, 0.25) is 0 Å². The molecule has 0 unspecified atom stereocenters. The zero-order chi connectivity index (χ0) is 20.2. The summed E-state index contributed by atoms with van der Waals surface area (Å²) in [5.74, 6) is 1.58. The molecule has 5 nitrogen and oxygen atoms in total. The minimum atomic E-state index is 0.577. The molecule has 0 aliphatic carbocycles. The van der Waals surface area contributed by atoms with Gasteiger partial charge in [0.25, 0.3) is 0 Å². The Hall–Kier alpha value is -3.73. The largest absolute Gasteiger partial charge is 0.489 e. The summed E-state index contributed by atoms with van der Waals surface area (Å²) in [6.45, 7) is 2.31. The van der Waals surface area contributed by atoms with E-state index in [0.29, 0.717) is 12.4 Å². The fourth-order valence-corrected chi connectivity index (χ4v) is 3.65. The van der Waals surface area contributed by atoms with Crippen molar-refractivity contribution in [1.82, 2.24) is 15.0 Å². The van der Waals surface area contributed by atoms with Crippen LogP contribution < -0.4 is 9.64 Å². The number of anilines is 1. The van der Waals surface area contributed by atoms with Crippen molar-refractivity contribution in [3.8, 4) is 17.3 Å². The van der Waals surface area contributed by atoms with Crippen LogP contribution in [0, 0.1) is 0 Å². The quantitative estimate of drug-likeness (QED) is 0.492. The number of hydrogen-bond acceptors (Lipinski definition) is 5. The molecule has 2 aromatic heterocycles. The molecule has 0 saturated heterocycles. The molecule has 1 aliphatic rings. The van der Waals surface area contributed by atoms with Crippen LogP contribution in [0.25, 0.3) is 11.5 Å². The average molecular weight is 394 g/mol. The van der Waals surface area contributed by atoms with E-state index < -0.39 is 0 Å². The van der Waals surface area contributed by atoms with Crippen LogP contribution in [0.4, 0.5) is 5.69 Å². The number of rotatable bonds is 5. The lowest BCUT2D eigenvalue weighted by Gasteiger charge is -2.30. The number of pyridine rings is 1. The van der Waals surface area contributed by atoms with Crippen LogP contribution in [0.15, 0.2) is 85.2 Å². The van der Waals surface area contributed by atoms with Gasteiger partial charge in [-0.15, -0.1) is 0 Å². The van der Waals surface area contributed by atoms with Gasteiger partial charge in [0.15, 0.2) is 5.82 Å². The first-order chi connectivity index (χ1) is 14.8. The van der Waals surface area contributed by atoms with Gasteiger partial charge in [0.05, 0.1) is 5.69 Å². The second kappa shape index (κ2) is 8.33. The van der Waals surface area contributed by atoms with E-state index in [9.17, 15) is 0 Å². The van der Waals surface area contributed by atoms with E-state index in [4.69, 9.17) is 9.72 Å². The van der Waals surface area contributed by atoms with Gasteiger partial charge < -0.3 is 9.64 Å². The summed E-state index contributed by atoms with van der Waals surface area (Å²) in [7, 11) is 0. The number of benzene rings is 2. The van der Waals surface area contributed by atoms with Crippen molar-refractivity contribution in [3.05, 3.63) is 102 Å². The zero-order valence-corrected chi connectivity index (χ0v) is 16.6. The summed E-state index contributed by atoms with van der Waals surface area (Å²) in [6.07, 6.45) is 4.60. The fraction of sp³-hybridized carbons (Fsp3) is 0.160. The molecule has 30 heavy (non-hydrogen) atoms. The molecule has 0 bridgehead atoms. The number of aromatic nitrogens is 3. The summed E-state index contributed by atoms with van der Waals surface area (Å²) >= 11 is 0. The SMILES string of the molecule is c1ccc(COc2ccc(N3CCc4nc(-c5ccccn5)ncc4C3)cc2)cc1. The third-order valence-corrected chi connectivity index (χ3v) is 5.28. The topological polar surface area (TPSA) is 51.1 Å². The van der Waals surface area contributed by atoms with E-state index in [-0.39, 0.29) is 0 Å². The second-order valence-corrected chi connectivity index (χ2v) is 7.32. The van der Waals surface area contributed by atoms with Crippen molar-refractivity contribution < 1.29 is 4.74 Å². The van der Waals surface area contributed by atoms with E-state index in [1.807, 2.05) is 54.7 Å². The maximum Gasteiger partial charge on any atom is 0.178 e. The summed E-state index contributed by atoms with van der Waals surface area (Å²) < 4.78 is 5.90. The molecule has 0 spiro atoms. The first kappa shape index (κ1) is 18.3. The number of nitrogens with zero attached hydrogens (tertiary/aromatic N) is 4. The molecule has 5 rings (SSSR count). The molecule has 4 aromatic rings. The van der Waals surface area contributed by atoms with Gasteiger partial charge in [-0.1, -0.05) is 36.4 Å². The molecule has 3 heterocycles. The van der Waals surface area contributed by atoms with Gasteiger partial charge in [-0.25, -0.2) is 9.97 Å². The maximum absolute atomic E-state index is 5.90. The third-order valence-electron chi connectivity index (χ3n) is 5.28. The second-order valence-electron chi connectivity index (χ2n) is 7.32. The summed E-state index contributed by atoms with van der Waals surface area (Å²) in [4.78, 5) is 16.0. The van der Waals surface area contributed by atoms with Crippen LogP contribution in [0.2, 0.25) is 0 Å². The standard InChI is InChI=1S/C25H22N4O/c1-2-6-19(7-3-1)18-30-22-11-9-21(10-12-22)29-15-13-23-20(17-29)16-27-25(28-23)24-8-4-5-14-26-24/h1-12,14,16H,13,15,17-18H2. The van der Waals surface area contributed by atoms with E-state index in [2.05, 4.69) is 39.1 Å². The van der Waals surface area contributed by atoms with Gasteiger partial charge in [-0.2, -0.15) is 0 Å². The highest BCUT2D eigenvalue weighted by Gasteiger charge is 2.19. The smallest absolute Gasteiger partial charge is 0.178 e. The fourth-order valence-electron chi connectivity index (χ4n) is 3.65. The predicted octanol–water partition coefficient (Wildman–Crippen LogP) is 4.68. The van der Waals surface area contributed by atoms with Crippen LogP contribution in [0.5, 0.6) is 5.75 Å². The summed E-state index contributed by atoms with van der Waals surface area (Å²) in [5.41, 5.74) is 5.45. The van der Waals surface area contributed by atoms with Crippen LogP contribution in [0.3, 0.4) is 0 Å². The van der Waals surface area contributed by atoms with E-state index >= 15 is 0 Å². The monoisotopic (exact) mass is 394 g/mol. The normalized spacial score (nSPS) is 13.0. The number of fused-ring (bicyclic) bond motifs is 1. The molecule has 0 fully saturated rings. The average Bonchev–Trinajstić information content (AvgIpc) is 2.84. The van der Waals surface area contributed by atoms with E-state index in [1.165, 1.54) is 16.8 Å². The Labute approximate surface area is 176 Å². The zero-order valence-electron chi connectivity index (χ0n) is 16.6. The van der Waals surface area contributed by atoms with E-state index in [1.54, 1.807) is 6.20 Å². The Kier molecular flexibility index (Phi) is 5.08. The lowest BCUT2D eigenvalue weighted by Crippen LogP contribution is -2.31. The molecule has 2 aromatic carbocycles. The Morgan fingerprint density at radius 2 is 1.70 bits per heavy atom. The van der Waals surface area contributed by atoms with Crippen molar-refractivity contribution in [2.24, 2.45) is 0 Å². The number of ether oxygens (including phenoxy) is 1. The summed E-state index contributed by atoms with van der Waals surface area (Å²) in [5, 5.41) is 0. The van der Waals surface area contributed by atoms with Gasteiger partial charge in [-0.05, 0) is 42.0 Å². The van der Waals surface area contributed by atoms with Crippen molar-refractivity contribution in [2.45, 2.75) is 19.6 Å². The number of hydrogen-bond donors (Lipinski definition) is 0. The van der Waals surface area contributed by atoms with Gasteiger partial charge in [0, 0.05) is 43.2 Å². The Morgan fingerprint density at radius 1 is 0.867 bits per heavy atom. The van der Waals surface area contributed by atoms with Gasteiger partial charge in [0.1, 0.15) is 18.1 Å². The van der Waals surface area contributed by atoms with Crippen LogP contribution in [-0.4, -0.2) is 21.5 Å². The Balaban J connectivity index is 1.25. The van der Waals surface area contributed by atoms with Gasteiger partial charge in [-0.3, -0.25) is 4.98 Å². The van der Waals surface area contributed by atoms with E-state index in [0.717, 1.165) is 36.6 Å². The highest BCUT2D eigenvalue weighted by molar-refractivity contribution is 5.53. The van der Waals surface area contributed by atoms with Crippen molar-refractivity contribution in [3.63, 3.8) is 0 Å². The Bertz CT molecular complexity index is 1110. The summed E-state index contributed by atoms with van der Waals surface area (Å²) in [6, 6.07) is 24.3. The lowest BCUT2D eigenvalue weighted by molar-refractivity contribution is 0.306. The highest BCUT2D eigenvalue weighted by Crippen LogP contribution is 2.26. The molecule has 0 radical (unpaired) electrons. The van der Waals surface area contributed by atoms with Crippen molar-refractivity contribution >= 4 is 5.69 Å². The molecule has 0 amide bonds. The molecule has 148 valence electrons. The van der Waals surface area contributed by atoms with Crippen LogP contribution in [0.1, 0.15) is 16.8 Å². The Morgan fingerprint density at radius 3 is 2.50 bits per heavy atom. The molecule has 5 heteroatoms. The predicted molar refractivity (Wildman–Crippen MR) is 117 cm³/mol. The maximum atomic E-state index is 5.90. The van der Waals surface area contributed by atoms with Crippen LogP contribution in [-0.2, 0) is 19.6 Å². The lowest BCUT2D eigenvalue weighted by atomic mass is 10.1. The van der Waals surface area contributed by atoms with Crippen molar-refractivity contribution in [2.75, 3.05) is 11.4 Å². The molecule has 0 atom stereocenters. The first-order valence-electron chi connectivity index (χ1n) is 10.1. The minimum Gasteiger partial charge on any atom is -0.489 e. The van der Waals surface area contributed by atoms with Crippen LogP contribution >= 0.6 is 0 Å².